The lowest BCUT2D eigenvalue weighted by Crippen LogP contribution is -2.33. The van der Waals surface area contributed by atoms with E-state index < -0.39 is 0 Å². The molecular formula is C13H21NO3. The van der Waals surface area contributed by atoms with E-state index in [2.05, 4.69) is 5.32 Å². The van der Waals surface area contributed by atoms with Crippen LogP contribution in [0.1, 0.15) is 31.9 Å². The van der Waals surface area contributed by atoms with Gasteiger partial charge in [-0.1, -0.05) is 6.92 Å². The number of aliphatic hydroxyl groups is 1. The number of methoxy groups -OCH3 is 1. The Hall–Kier alpha value is -1.26. The number of rotatable bonds is 6. The van der Waals surface area contributed by atoms with Crippen LogP contribution in [0.3, 0.4) is 0 Å². The first-order valence-corrected chi connectivity index (χ1v) is 5.86. The number of aliphatic hydroxyl groups excluding tert-OH is 1. The van der Waals surface area contributed by atoms with Gasteiger partial charge in [-0.15, -0.1) is 0 Å². The van der Waals surface area contributed by atoms with Crippen molar-refractivity contribution < 1.29 is 14.9 Å². The van der Waals surface area contributed by atoms with Crippen molar-refractivity contribution in [3.63, 3.8) is 0 Å². The predicted octanol–water partition coefficient (Wildman–Crippen LogP) is 1.82. The van der Waals surface area contributed by atoms with Gasteiger partial charge in [0.2, 0.25) is 0 Å². The molecule has 1 aromatic carbocycles. The third-order valence-corrected chi connectivity index (χ3v) is 2.90. The van der Waals surface area contributed by atoms with Gasteiger partial charge in [0.15, 0.2) is 0 Å². The highest BCUT2D eigenvalue weighted by Gasteiger charge is 2.14. The molecule has 0 aliphatic carbocycles. The van der Waals surface area contributed by atoms with Gasteiger partial charge in [-0.05, 0) is 31.5 Å². The zero-order valence-electron chi connectivity index (χ0n) is 10.6. The molecule has 0 aromatic heterocycles. The van der Waals surface area contributed by atoms with Gasteiger partial charge in [-0.3, -0.25) is 0 Å². The lowest BCUT2D eigenvalue weighted by Gasteiger charge is -2.21. The topological polar surface area (TPSA) is 61.7 Å². The highest BCUT2D eigenvalue weighted by atomic mass is 16.5. The molecular weight excluding hydrogens is 218 g/mol. The summed E-state index contributed by atoms with van der Waals surface area (Å²) in [7, 11) is 1.59. The predicted molar refractivity (Wildman–Crippen MR) is 67.4 cm³/mol. The molecule has 4 nitrogen and oxygen atoms in total. The van der Waals surface area contributed by atoms with Gasteiger partial charge < -0.3 is 20.3 Å². The molecule has 0 saturated heterocycles. The Morgan fingerprint density at radius 3 is 2.65 bits per heavy atom. The summed E-state index contributed by atoms with van der Waals surface area (Å²) in [6, 6.07) is 5.14. The number of phenols is 1. The van der Waals surface area contributed by atoms with Crippen molar-refractivity contribution in [2.45, 2.75) is 32.4 Å². The first-order chi connectivity index (χ1) is 8.12. The van der Waals surface area contributed by atoms with Crippen LogP contribution in [0.15, 0.2) is 18.2 Å². The molecule has 1 unspecified atom stereocenters. The fraction of sp³-hybridized carbons (Fsp3) is 0.538. The van der Waals surface area contributed by atoms with Crippen LogP contribution in [0.25, 0.3) is 0 Å². The number of nitrogens with one attached hydrogen (secondary N) is 1. The molecule has 17 heavy (non-hydrogen) atoms. The van der Waals surface area contributed by atoms with Crippen LogP contribution >= 0.6 is 0 Å². The van der Waals surface area contributed by atoms with Crippen LogP contribution in [-0.4, -0.2) is 30.0 Å². The molecule has 1 aromatic rings. The molecule has 0 aliphatic rings. The van der Waals surface area contributed by atoms with E-state index >= 15 is 0 Å². The first kappa shape index (κ1) is 13.8. The molecule has 0 radical (unpaired) electrons. The number of phenolic OH excluding ortho intramolecular Hbond substituents is 1. The summed E-state index contributed by atoms with van der Waals surface area (Å²) in [5.41, 5.74) is 0.774. The molecule has 0 heterocycles. The normalized spacial score (nSPS) is 14.4. The van der Waals surface area contributed by atoms with E-state index in [1.165, 1.54) is 0 Å². The number of aromatic hydroxyl groups is 1. The maximum Gasteiger partial charge on any atom is 0.120 e. The maximum absolute atomic E-state index is 9.80. The lowest BCUT2D eigenvalue weighted by atomic mass is 10.1. The molecule has 4 heteroatoms. The van der Waals surface area contributed by atoms with Crippen molar-refractivity contribution in [3.8, 4) is 11.5 Å². The molecule has 2 atom stereocenters. The molecule has 0 spiro atoms. The Labute approximate surface area is 102 Å². The average molecular weight is 239 g/mol. The second kappa shape index (κ2) is 6.47. The fourth-order valence-electron chi connectivity index (χ4n) is 1.75. The molecule has 0 aliphatic heterocycles. The van der Waals surface area contributed by atoms with Crippen molar-refractivity contribution in [3.05, 3.63) is 23.8 Å². The maximum atomic E-state index is 9.80. The SMILES string of the molecule is CC[C@@H](CO)NC(C)c1cc(OC)ccc1O. The summed E-state index contributed by atoms with van der Waals surface area (Å²) in [5, 5.41) is 22.2. The molecule has 1 rings (SSSR count). The van der Waals surface area contributed by atoms with Crippen molar-refractivity contribution in [2.24, 2.45) is 0 Å². The minimum absolute atomic E-state index is 0.0376. The Balaban J connectivity index is 2.83. The number of ether oxygens (including phenoxy) is 1. The van der Waals surface area contributed by atoms with Crippen LogP contribution in [0.5, 0.6) is 11.5 Å². The van der Waals surface area contributed by atoms with E-state index in [0.29, 0.717) is 5.75 Å². The zero-order chi connectivity index (χ0) is 12.8. The minimum Gasteiger partial charge on any atom is -0.508 e. The number of benzene rings is 1. The Morgan fingerprint density at radius 2 is 2.12 bits per heavy atom. The Bertz CT molecular complexity index is 351. The summed E-state index contributed by atoms with van der Waals surface area (Å²) in [4.78, 5) is 0. The van der Waals surface area contributed by atoms with E-state index in [0.717, 1.165) is 12.0 Å². The van der Waals surface area contributed by atoms with Crippen LogP contribution in [0, 0.1) is 0 Å². The number of hydrogen-bond donors (Lipinski definition) is 3. The molecule has 3 N–H and O–H groups in total. The molecule has 0 saturated carbocycles. The monoisotopic (exact) mass is 239 g/mol. The molecule has 0 fully saturated rings. The van der Waals surface area contributed by atoms with Crippen LogP contribution in [0.4, 0.5) is 0 Å². The van der Waals surface area contributed by atoms with E-state index in [1.54, 1.807) is 25.3 Å². The van der Waals surface area contributed by atoms with E-state index in [1.807, 2.05) is 13.8 Å². The summed E-state index contributed by atoms with van der Waals surface area (Å²) in [6.07, 6.45) is 0.839. The fourth-order valence-corrected chi connectivity index (χ4v) is 1.75. The lowest BCUT2D eigenvalue weighted by molar-refractivity contribution is 0.229. The third kappa shape index (κ3) is 3.61. The summed E-state index contributed by atoms with van der Waals surface area (Å²) in [5.74, 6) is 0.946. The quantitative estimate of drug-likeness (QED) is 0.708. The largest absolute Gasteiger partial charge is 0.508 e. The van der Waals surface area contributed by atoms with E-state index in [9.17, 15) is 5.11 Å². The molecule has 0 amide bonds. The summed E-state index contributed by atoms with van der Waals surface area (Å²) in [6.45, 7) is 4.05. The first-order valence-electron chi connectivity index (χ1n) is 5.86. The van der Waals surface area contributed by atoms with Crippen LogP contribution in [0.2, 0.25) is 0 Å². The smallest absolute Gasteiger partial charge is 0.120 e. The Morgan fingerprint density at radius 1 is 1.41 bits per heavy atom. The van der Waals surface area contributed by atoms with Crippen LogP contribution < -0.4 is 10.1 Å². The summed E-state index contributed by atoms with van der Waals surface area (Å²) >= 11 is 0. The molecule has 96 valence electrons. The summed E-state index contributed by atoms with van der Waals surface area (Å²) < 4.78 is 5.13. The van der Waals surface area contributed by atoms with Gasteiger partial charge in [0.25, 0.3) is 0 Å². The van der Waals surface area contributed by atoms with Crippen molar-refractivity contribution in [1.29, 1.82) is 0 Å². The second-order valence-corrected chi connectivity index (χ2v) is 4.10. The second-order valence-electron chi connectivity index (χ2n) is 4.10. The Kier molecular flexibility index (Phi) is 5.25. The van der Waals surface area contributed by atoms with Gasteiger partial charge in [-0.25, -0.2) is 0 Å². The van der Waals surface area contributed by atoms with Gasteiger partial charge in [-0.2, -0.15) is 0 Å². The van der Waals surface area contributed by atoms with Crippen LogP contribution in [-0.2, 0) is 0 Å². The molecule has 0 bridgehead atoms. The minimum atomic E-state index is -0.0396. The van der Waals surface area contributed by atoms with Gasteiger partial charge in [0.1, 0.15) is 11.5 Å². The van der Waals surface area contributed by atoms with Crippen molar-refractivity contribution in [1.82, 2.24) is 5.32 Å². The van der Waals surface area contributed by atoms with E-state index in [-0.39, 0.29) is 24.4 Å². The standard InChI is InChI=1S/C13H21NO3/c1-4-10(8-15)14-9(2)12-7-11(17-3)5-6-13(12)16/h5-7,9-10,14-16H,4,8H2,1-3H3/t9?,10-/m0/s1. The van der Waals surface area contributed by atoms with Gasteiger partial charge >= 0.3 is 0 Å². The van der Waals surface area contributed by atoms with Crippen molar-refractivity contribution >= 4 is 0 Å². The number of hydrogen-bond acceptors (Lipinski definition) is 4. The van der Waals surface area contributed by atoms with Gasteiger partial charge in [0.05, 0.1) is 13.7 Å². The zero-order valence-corrected chi connectivity index (χ0v) is 10.6. The highest BCUT2D eigenvalue weighted by Crippen LogP contribution is 2.28. The van der Waals surface area contributed by atoms with E-state index in [4.69, 9.17) is 9.84 Å². The van der Waals surface area contributed by atoms with Crippen molar-refractivity contribution in [2.75, 3.05) is 13.7 Å². The third-order valence-electron chi connectivity index (χ3n) is 2.90. The average Bonchev–Trinajstić information content (AvgIpc) is 2.36. The van der Waals surface area contributed by atoms with Gasteiger partial charge in [0, 0.05) is 17.6 Å². The highest BCUT2D eigenvalue weighted by molar-refractivity contribution is 5.41.